The van der Waals surface area contributed by atoms with Crippen molar-refractivity contribution in [3.05, 3.63) is 60.0 Å². The van der Waals surface area contributed by atoms with E-state index in [1.165, 1.54) is 11.2 Å². The lowest BCUT2D eigenvalue weighted by Crippen LogP contribution is -2.48. The lowest BCUT2D eigenvalue weighted by molar-refractivity contribution is 0.111. The number of amides is 1. The van der Waals surface area contributed by atoms with Crippen LogP contribution in [0.3, 0.4) is 0 Å². The average molecular weight is 394 g/mol. The highest BCUT2D eigenvalue weighted by atomic mass is 16.5. The van der Waals surface area contributed by atoms with Gasteiger partial charge in [-0.25, -0.2) is 14.8 Å². The third-order valence-corrected chi connectivity index (χ3v) is 4.99. The Labute approximate surface area is 168 Å². The number of nitrogens with one attached hydrogen (secondary N) is 1. The molecule has 0 saturated carbocycles. The van der Waals surface area contributed by atoms with E-state index in [1.807, 2.05) is 36.4 Å². The molecule has 8 heteroatoms. The van der Waals surface area contributed by atoms with Crippen LogP contribution in [-0.2, 0) is 6.61 Å². The lowest BCUT2D eigenvalue weighted by atomic mass is 10.0. The molecule has 29 heavy (non-hydrogen) atoms. The van der Waals surface area contributed by atoms with Gasteiger partial charge in [0.05, 0.1) is 24.4 Å². The summed E-state index contributed by atoms with van der Waals surface area (Å²) in [5.74, 6) is 1.13. The number of hydrogen-bond donors (Lipinski definition) is 2. The van der Waals surface area contributed by atoms with E-state index in [1.54, 1.807) is 13.2 Å². The third kappa shape index (κ3) is 3.93. The summed E-state index contributed by atoms with van der Waals surface area (Å²) in [4.78, 5) is 21.9. The minimum Gasteiger partial charge on any atom is -0.493 e. The van der Waals surface area contributed by atoms with Crippen molar-refractivity contribution in [3.8, 4) is 11.5 Å². The van der Waals surface area contributed by atoms with Crippen molar-refractivity contribution in [2.75, 3.05) is 26.7 Å². The molecule has 1 aromatic heterocycles. The second-order valence-corrected chi connectivity index (χ2v) is 6.75. The van der Waals surface area contributed by atoms with E-state index in [-0.39, 0.29) is 0 Å². The number of nitrogens with zero attached hydrogens (tertiary/aromatic N) is 3. The Morgan fingerprint density at radius 2 is 2.07 bits per heavy atom. The highest BCUT2D eigenvalue weighted by Gasteiger charge is 2.30. The van der Waals surface area contributed by atoms with Gasteiger partial charge in [-0.2, -0.15) is 0 Å². The van der Waals surface area contributed by atoms with Gasteiger partial charge in [0.25, 0.3) is 0 Å². The molecule has 0 bridgehead atoms. The minimum absolute atomic E-state index is 0.387. The molecule has 0 spiro atoms. The molecule has 1 amide bonds. The van der Waals surface area contributed by atoms with Gasteiger partial charge in [-0.15, -0.1) is 0 Å². The molecule has 4 rings (SSSR count). The van der Waals surface area contributed by atoms with Gasteiger partial charge in [0.2, 0.25) is 0 Å². The first-order valence-corrected chi connectivity index (χ1v) is 9.37. The summed E-state index contributed by atoms with van der Waals surface area (Å²) in [5.41, 5.74) is 2.36. The van der Waals surface area contributed by atoms with Gasteiger partial charge in [0, 0.05) is 31.1 Å². The Balaban J connectivity index is 1.73. The van der Waals surface area contributed by atoms with Gasteiger partial charge >= 0.3 is 6.09 Å². The van der Waals surface area contributed by atoms with Crippen LogP contribution in [0.4, 0.5) is 4.79 Å². The van der Waals surface area contributed by atoms with Crippen LogP contribution in [0, 0.1) is 0 Å². The predicted octanol–water partition coefficient (Wildman–Crippen LogP) is 2.84. The Morgan fingerprint density at radius 1 is 1.24 bits per heavy atom. The summed E-state index contributed by atoms with van der Waals surface area (Å²) >= 11 is 0. The van der Waals surface area contributed by atoms with E-state index in [9.17, 15) is 9.90 Å². The summed E-state index contributed by atoms with van der Waals surface area (Å²) in [6.45, 7) is 1.90. The van der Waals surface area contributed by atoms with E-state index in [2.05, 4.69) is 15.3 Å². The molecule has 2 aromatic carbocycles. The highest BCUT2D eigenvalue weighted by molar-refractivity contribution is 5.85. The molecule has 1 saturated heterocycles. The van der Waals surface area contributed by atoms with Crippen LogP contribution in [-0.4, -0.2) is 52.8 Å². The molecule has 1 aliphatic rings. The maximum absolute atomic E-state index is 11.7. The third-order valence-electron chi connectivity index (χ3n) is 4.99. The number of hydrogen-bond acceptors (Lipinski definition) is 6. The quantitative estimate of drug-likeness (QED) is 0.687. The van der Waals surface area contributed by atoms with Crippen LogP contribution >= 0.6 is 0 Å². The first-order chi connectivity index (χ1) is 14.2. The molecule has 0 aliphatic carbocycles. The normalized spacial score (nSPS) is 16.6. The number of ether oxygens (including phenoxy) is 2. The van der Waals surface area contributed by atoms with Crippen LogP contribution in [0.1, 0.15) is 17.3 Å². The molecule has 1 fully saturated rings. The number of rotatable bonds is 5. The maximum atomic E-state index is 11.7. The molecular weight excluding hydrogens is 372 g/mol. The summed E-state index contributed by atoms with van der Waals surface area (Å²) in [6, 6.07) is 13.1. The monoisotopic (exact) mass is 394 g/mol. The topological polar surface area (TPSA) is 96.8 Å². The smallest absolute Gasteiger partial charge is 0.407 e. The minimum atomic E-state index is -0.961. The van der Waals surface area contributed by atoms with E-state index < -0.39 is 12.1 Å². The first kappa shape index (κ1) is 18.9. The van der Waals surface area contributed by atoms with Crippen molar-refractivity contribution in [1.29, 1.82) is 0 Å². The van der Waals surface area contributed by atoms with Gasteiger partial charge in [0.15, 0.2) is 11.5 Å². The van der Waals surface area contributed by atoms with E-state index in [0.717, 1.165) is 10.9 Å². The number of piperazine rings is 1. The average Bonchev–Trinajstić information content (AvgIpc) is 2.77. The molecule has 3 aromatic rings. The number of methoxy groups -OCH3 is 1. The molecular formula is C21H22N4O4. The number of carbonyl (C=O) groups is 1. The number of benzene rings is 2. The molecule has 0 radical (unpaired) electrons. The Morgan fingerprint density at radius 3 is 2.83 bits per heavy atom. The van der Waals surface area contributed by atoms with Gasteiger partial charge in [0.1, 0.15) is 12.9 Å². The number of aromatic nitrogens is 2. The molecule has 1 aliphatic heterocycles. The number of carboxylic acid groups (broad SMARTS) is 1. The van der Waals surface area contributed by atoms with Crippen LogP contribution in [0.5, 0.6) is 11.5 Å². The largest absolute Gasteiger partial charge is 0.493 e. The first-order valence-electron chi connectivity index (χ1n) is 9.37. The Hall–Kier alpha value is -3.39. The maximum Gasteiger partial charge on any atom is 0.407 e. The van der Waals surface area contributed by atoms with Gasteiger partial charge in [-0.05, 0) is 11.6 Å². The molecule has 8 nitrogen and oxygen atoms in total. The molecule has 1 unspecified atom stereocenters. The lowest BCUT2D eigenvalue weighted by Gasteiger charge is -2.34. The van der Waals surface area contributed by atoms with Crippen LogP contribution < -0.4 is 14.8 Å². The predicted molar refractivity (Wildman–Crippen MR) is 107 cm³/mol. The summed E-state index contributed by atoms with van der Waals surface area (Å²) in [6.07, 6.45) is 0.494. The molecule has 1 atom stereocenters. The van der Waals surface area contributed by atoms with Crippen molar-refractivity contribution in [1.82, 2.24) is 20.2 Å². The van der Waals surface area contributed by atoms with Crippen molar-refractivity contribution >= 4 is 17.0 Å². The number of fused-ring (bicyclic) bond motifs is 1. The van der Waals surface area contributed by atoms with Gasteiger partial charge in [-0.3, -0.25) is 4.90 Å². The van der Waals surface area contributed by atoms with Crippen LogP contribution in [0.2, 0.25) is 0 Å². The van der Waals surface area contributed by atoms with E-state index >= 15 is 0 Å². The van der Waals surface area contributed by atoms with Crippen molar-refractivity contribution in [2.45, 2.75) is 12.6 Å². The van der Waals surface area contributed by atoms with Crippen molar-refractivity contribution < 1.29 is 19.4 Å². The molecule has 2 heterocycles. The summed E-state index contributed by atoms with van der Waals surface area (Å²) < 4.78 is 11.5. The van der Waals surface area contributed by atoms with Crippen LogP contribution in [0.25, 0.3) is 10.9 Å². The Kier molecular flexibility index (Phi) is 5.44. The zero-order chi connectivity index (χ0) is 20.2. The zero-order valence-corrected chi connectivity index (χ0v) is 16.0. The summed E-state index contributed by atoms with van der Waals surface area (Å²) in [7, 11) is 1.58. The van der Waals surface area contributed by atoms with E-state index in [0.29, 0.717) is 49.0 Å². The fourth-order valence-corrected chi connectivity index (χ4v) is 3.53. The van der Waals surface area contributed by atoms with Crippen molar-refractivity contribution in [2.24, 2.45) is 0 Å². The van der Waals surface area contributed by atoms with Crippen molar-refractivity contribution in [3.63, 3.8) is 0 Å². The second kappa shape index (κ2) is 8.32. The summed E-state index contributed by atoms with van der Waals surface area (Å²) in [5, 5.41) is 13.6. The fourth-order valence-electron chi connectivity index (χ4n) is 3.53. The SMILES string of the molecule is COc1cc2ncnc(C3CNCCN3C(=O)O)c2cc1OCc1ccccc1. The fraction of sp³-hybridized carbons (Fsp3) is 0.286. The van der Waals surface area contributed by atoms with Gasteiger partial charge < -0.3 is 19.9 Å². The van der Waals surface area contributed by atoms with E-state index in [4.69, 9.17) is 9.47 Å². The highest BCUT2D eigenvalue weighted by Crippen LogP contribution is 2.35. The second-order valence-electron chi connectivity index (χ2n) is 6.75. The zero-order valence-electron chi connectivity index (χ0n) is 16.0. The molecule has 2 N–H and O–H groups in total. The van der Waals surface area contributed by atoms with Crippen LogP contribution in [0.15, 0.2) is 48.8 Å². The van der Waals surface area contributed by atoms with Gasteiger partial charge in [-0.1, -0.05) is 30.3 Å². The Bertz CT molecular complexity index is 1010. The standard InChI is InChI=1S/C21H22N4O4/c1-28-18-10-16-15(9-19(18)29-12-14-5-3-2-4-6-14)20(24-13-23-16)17-11-22-7-8-25(17)21(26)27/h2-6,9-10,13,17,22H,7-8,11-12H2,1H3,(H,26,27). The molecule has 150 valence electrons.